The van der Waals surface area contributed by atoms with E-state index < -0.39 is 11.7 Å². The minimum absolute atomic E-state index is 0.209. The third kappa shape index (κ3) is 4.09. The summed E-state index contributed by atoms with van der Waals surface area (Å²) in [6.45, 7) is 0.209. The van der Waals surface area contributed by atoms with Crippen molar-refractivity contribution in [1.29, 1.82) is 0 Å². The molecule has 0 unspecified atom stereocenters. The van der Waals surface area contributed by atoms with Crippen LogP contribution in [0.1, 0.15) is 11.1 Å². The molecule has 0 N–H and O–H groups in total. The molecular formula is C13H9F3INO. The molecule has 0 fully saturated rings. The lowest BCUT2D eigenvalue weighted by atomic mass is 10.1. The van der Waals surface area contributed by atoms with Crippen molar-refractivity contribution in [2.45, 2.75) is 12.8 Å². The molecule has 0 saturated carbocycles. The summed E-state index contributed by atoms with van der Waals surface area (Å²) in [7, 11) is 0. The molecule has 6 heteroatoms. The minimum Gasteiger partial charge on any atom is -0.487 e. The number of rotatable bonds is 3. The Morgan fingerprint density at radius 2 is 1.74 bits per heavy atom. The van der Waals surface area contributed by atoms with Gasteiger partial charge in [-0.2, -0.15) is 13.2 Å². The van der Waals surface area contributed by atoms with Crippen molar-refractivity contribution in [3.8, 4) is 5.75 Å². The first-order valence-corrected chi connectivity index (χ1v) is 6.43. The second-order valence-corrected chi connectivity index (χ2v) is 4.91. The van der Waals surface area contributed by atoms with Crippen LogP contribution in [0.4, 0.5) is 13.2 Å². The van der Waals surface area contributed by atoms with Crippen molar-refractivity contribution in [3.05, 3.63) is 57.4 Å². The molecule has 0 atom stereocenters. The Morgan fingerprint density at radius 3 is 2.26 bits per heavy atom. The standard InChI is InChI=1S/C13H9F3INO/c14-13(15,16)10-3-1-9(2-4-10)8-19-11-5-6-12(17)18-7-11/h1-7H,8H2. The van der Waals surface area contributed by atoms with Crippen LogP contribution in [-0.4, -0.2) is 4.98 Å². The van der Waals surface area contributed by atoms with E-state index in [1.165, 1.54) is 12.1 Å². The van der Waals surface area contributed by atoms with Crippen LogP contribution in [0.25, 0.3) is 0 Å². The predicted molar refractivity (Wildman–Crippen MR) is 72.7 cm³/mol. The number of hydrogen-bond donors (Lipinski definition) is 0. The minimum atomic E-state index is -4.31. The lowest BCUT2D eigenvalue weighted by Crippen LogP contribution is -2.05. The highest BCUT2D eigenvalue weighted by Crippen LogP contribution is 2.29. The van der Waals surface area contributed by atoms with Crippen LogP contribution in [0.2, 0.25) is 0 Å². The number of alkyl halides is 3. The zero-order chi connectivity index (χ0) is 13.9. The van der Waals surface area contributed by atoms with Crippen LogP contribution >= 0.6 is 22.6 Å². The van der Waals surface area contributed by atoms with Gasteiger partial charge in [0.25, 0.3) is 0 Å². The molecule has 0 radical (unpaired) electrons. The number of benzene rings is 1. The number of pyridine rings is 1. The monoisotopic (exact) mass is 379 g/mol. The summed E-state index contributed by atoms with van der Waals surface area (Å²) in [5.74, 6) is 0.584. The molecule has 0 aliphatic carbocycles. The Bertz CT molecular complexity index is 537. The van der Waals surface area contributed by atoms with E-state index in [0.717, 1.165) is 15.8 Å². The second-order valence-electron chi connectivity index (χ2n) is 3.80. The summed E-state index contributed by atoms with van der Waals surface area (Å²) < 4.78 is 43.4. The summed E-state index contributed by atoms with van der Waals surface area (Å²) in [6.07, 6.45) is -2.73. The van der Waals surface area contributed by atoms with E-state index in [1.54, 1.807) is 18.3 Å². The molecule has 2 rings (SSSR count). The van der Waals surface area contributed by atoms with Gasteiger partial charge in [-0.1, -0.05) is 12.1 Å². The Morgan fingerprint density at radius 1 is 1.05 bits per heavy atom. The van der Waals surface area contributed by atoms with Crippen molar-refractivity contribution in [1.82, 2.24) is 4.98 Å². The van der Waals surface area contributed by atoms with E-state index in [0.29, 0.717) is 11.3 Å². The molecule has 0 spiro atoms. The van der Waals surface area contributed by atoms with Crippen LogP contribution < -0.4 is 4.74 Å². The zero-order valence-corrected chi connectivity index (χ0v) is 11.8. The highest BCUT2D eigenvalue weighted by molar-refractivity contribution is 14.1. The van der Waals surface area contributed by atoms with Gasteiger partial charge in [-0.05, 0) is 52.4 Å². The molecule has 2 aromatic rings. The summed E-state index contributed by atoms with van der Waals surface area (Å²) in [5, 5.41) is 0. The molecule has 2 nitrogen and oxygen atoms in total. The van der Waals surface area contributed by atoms with Crippen LogP contribution in [0.5, 0.6) is 5.75 Å². The third-order valence-electron chi connectivity index (χ3n) is 2.39. The number of hydrogen-bond acceptors (Lipinski definition) is 2. The lowest BCUT2D eigenvalue weighted by Gasteiger charge is -2.08. The first-order chi connectivity index (χ1) is 8.95. The van der Waals surface area contributed by atoms with Crippen LogP contribution in [-0.2, 0) is 12.8 Å². The Hall–Kier alpha value is -1.31. The maximum Gasteiger partial charge on any atom is 0.416 e. The zero-order valence-electron chi connectivity index (χ0n) is 9.62. The molecule has 100 valence electrons. The first-order valence-electron chi connectivity index (χ1n) is 5.35. The molecule has 0 saturated heterocycles. The van der Waals surface area contributed by atoms with Crippen molar-refractivity contribution in [2.24, 2.45) is 0 Å². The van der Waals surface area contributed by atoms with Gasteiger partial charge in [0.15, 0.2) is 0 Å². The van der Waals surface area contributed by atoms with Crippen molar-refractivity contribution >= 4 is 22.6 Å². The molecule has 0 bridgehead atoms. The quantitative estimate of drug-likeness (QED) is 0.587. The van der Waals surface area contributed by atoms with Crippen molar-refractivity contribution in [2.75, 3.05) is 0 Å². The van der Waals surface area contributed by atoms with Gasteiger partial charge in [-0.15, -0.1) is 0 Å². The fourth-order valence-electron chi connectivity index (χ4n) is 1.40. The molecule has 1 aromatic heterocycles. The topological polar surface area (TPSA) is 22.1 Å². The molecule has 19 heavy (non-hydrogen) atoms. The third-order valence-corrected chi connectivity index (χ3v) is 3.03. The second kappa shape index (κ2) is 5.77. The van der Waals surface area contributed by atoms with Gasteiger partial charge in [0.05, 0.1) is 11.8 Å². The largest absolute Gasteiger partial charge is 0.487 e. The highest BCUT2D eigenvalue weighted by Gasteiger charge is 2.29. The van der Waals surface area contributed by atoms with Crippen molar-refractivity contribution < 1.29 is 17.9 Å². The van der Waals surface area contributed by atoms with Gasteiger partial charge in [-0.3, -0.25) is 0 Å². The molecule has 0 aliphatic heterocycles. The van der Waals surface area contributed by atoms with Gasteiger partial charge in [0.1, 0.15) is 16.1 Å². The smallest absolute Gasteiger partial charge is 0.416 e. The van der Waals surface area contributed by atoms with Crippen LogP contribution in [0.3, 0.4) is 0 Å². The molecule has 0 amide bonds. The maximum absolute atomic E-state index is 12.4. The number of nitrogens with zero attached hydrogens (tertiary/aromatic N) is 1. The fourth-order valence-corrected chi connectivity index (χ4v) is 1.72. The molecule has 1 aromatic carbocycles. The van der Waals surface area contributed by atoms with E-state index in [9.17, 15) is 13.2 Å². The highest BCUT2D eigenvalue weighted by atomic mass is 127. The van der Waals surface area contributed by atoms with E-state index in [4.69, 9.17) is 4.74 Å². The van der Waals surface area contributed by atoms with Crippen molar-refractivity contribution in [3.63, 3.8) is 0 Å². The molecule has 0 aliphatic rings. The van der Waals surface area contributed by atoms with Gasteiger partial charge >= 0.3 is 6.18 Å². The normalized spacial score (nSPS) is 11.4. The Balaban J connectivity index is 1.98. The summed E-state index contributed by atoms with van der Waals surface area (Å²) >= 11 is 2.07. The number of aromatic nitrogens is 1. The van der Waals surface area contributed by atoms with Gasteiger partial charge in [-0.25, -0.2) is 4.98 Å². The maximum atomic E-state index is 12.4. The number of halogens is 4. The van der Waals surface area contributed by atoms with Crippen LogP contribution in [0, 0.1) is 3.70 Å². The first kappa shape index (κ1) is 14.1. The number of ether oxygens (including phenoxy) is 1. The van der Waals surface area contributed by atoms with Gasteiger partial charge < -0.3 is 4.74 Å². The fraction of sp³-hybridized carbons (Fsp3) is 0.154. The van der Waals surface area contributed by atoms with Gasteiger partial charge in [0.2, 0.25) is 0 Å². The predicted octanol–water partition coefficient (Wildman–Crippen LogP) is 4.28. The summed E-state index contributed by atoms with van der Waals surface area (Å²) in [6, 6.07) is 8.46. The molecular weight excluding hydrogens is 370 g/mol. The van der Waals surface area contributed by atoms with E-state index in [1.807, 2.05) is 0 Å². The van der Waals surface area contributed by atoms with E-state index in [-0.39, 0.29) is 6.61 Å². The Kier molecular flexibility index (Phi) is 4.28. The van der Waals surface area contributed by atoms with Gasteiger partial charge in [0, 0.05) is 0 Å². The Labute approximate surface area is 121 Å². The van der Waals surface area contributed by atoms with E-state index >= 15 is 0 Å². The SMILES string of the molecule is FC(F)(F)c1ccc(COc2ccc(I)nc2)cc1. The summed E-state index contributed by atoms with van der Waals surface area (Å²) in [5.41, 5.74) is 0.0127. The average Bonchev–Trinajstić information content (AvgIpc) is 2.37. The van der Waals surface area contributed by atoms with E-state index in [2.05, 4.69) is 27.6 Å². The summed E-state index contributed by atoms with van der Waals surface area (Å²) in [4.78, 5) is 4.05. The van der Waals surface area contributed by atoms with Crippen LogP contribution in [0.15, 0.2) is 42.6 Å². The lowest BCUT2D eigenvalue weighted by molar-refractivity contribution is -0.137. The average molecular weight is 379 g/mol. The molecule has 1 heterocycles.